The summed E-state index contributed by atoms with van der Waals surface area (Å²) in [5.41, 5.74) is -0.378. The smallest absolute Gasteiger partial charge is 0.408 e. The molecule has 244 valence electrons. The predicted molar refractivity (Wildman–Crippen MR) is 165 cm³/mol. The first-order valence-electron chi connectivity index (χ1n) is 15.6. The molecule has 2 saturated carbocycles. The Morgan fingerprint density at radius 2 is 1.87 bits per heavy atom. The summed E-state index contributed by atoms with van der Waals surface area (Å²) < 4.78 is 5.49. The molecule has 3 fully saturated rings. The summed E-state index contributed by atoms with van der Waals surface area (Å²) >= 11 is 6.21. The molecule has 1 aromatic rings. The van der Waals surface area contributed by atoms with Crippen molar-refractivity contribution in [2.45, 2.75) is 102 Å². The largest absolute Gasteiger partial charge is 0.446 e. The van der Waals surface area contributed by atoms with E-state index in [9.17, 15) is 24.0 Å². The highest BCUT2D eigenvalue weighted by Gasteiger charge is 2.56. The minimum absolute atomic E-state index is 0.0140. The second-order valence-electron chi connectivity index (χ2n) is 13.8. The number of rotatable bonds is 10. The van der Waals surface area contributed by atoms with Crippen LogP contribution in [0.15, 0.2) is 29.4 Å². The number of likely N-dealkylation sites (N-methyl/N-ethyl adjacent to an activating group) is 1. The molecule has 45 heavy (non-hydrogen) atoms. The highest BCUT2D eigenvalue weighted by molar-refractivity contribution is 6.38. The zero-order chi connectivity index (χ0) is 32.5. The Balaban J connectivity index is 1.40. The number of ketones is 1. The molecular formula is C32H42ClN5O7. The van der Waals surface area contributed by atoms with Gasteiger partial charge < -0.3 is 30.4 Å². The number of likely N-dealkylation sites (tertiary alicyclic amines) is 1. The molecular weight excluding hydrogens is 602 g/mol. The summed E-state index contributed by atoms with van der Waals surface area (Å²) in [7, 11) is 1.36. The Labute approximate surface area is 267 Å². The van der Waals surface area contributed by atoms with Crippen molar-refractivity contribution in [2.24, 2.45) is 16.5 Å². The molecule has 0 bridgehead atoms. The number of oxime groups is 1. The summed E-state index contributed by atoms with van der Waals surface area (Å²) in [6, 6.07) is 4.06. The first-order chi connectivity index (χ1) is 21.3. The fourth-order valence-electron chi connectivity index (χ4n) is 6.03. The van der Waals surface area contributed by atoms with Gasteiger partial charge in [0.1, 0.15) is 18.2 Å². The van der Waals surface area contributed by atoms with Gasteiger partial charge in [-0.1, -0.05) is 62.5 Å². The van der Waals surface area contributed by atoms with E-state index in [-0.39, 0.29) is 25.0 Å². The minimum atomic E-state index is -1.06. The number of hydrogen-bond acceptors (Lipinski definition) is 8. The van der Waals surface area contributed by atoms with Gasteiger partial charge in [-0.3, -0.25) is 19.2 Å². The van der Waals surface area contributed by atoms with Gasteiger partial charge in [-0.05, 0) is 49.1 Å². The van der Waals surface area contributed by atoms with Crippen molar-refractivity contribution in [3.63, 3.8) is 0 Å². The van der Waals surface area contributed by atoms with Crippen LogP contribution in [0.5, 0.6) is 0 Å². The van der Waals surface area contributed by atoms with Crippen LogP contribution in [0.1, 0.15) is 77.7 Å². The molecule has 0 radical (unpaired) electrons. The van der Waals surface area contributed by atoms with Crippen LogP contribution in [0.25, 0.3) is 0 Å². The molecule has 1 spiro atoms. The molecule has 4 amide bonds. The van der Waals surface area contributed by atoms with Crippen LogP contribution < -0.4 is 16.0 Å². The third-order valence-corrected chi connectivity index (χ3v) is 9.27. The van der Waals surface area contributed by atoms with E-state index >= 15 is 0 Å². The number of nitrogens with one attached hydrogen (secondary N) is 3. The quantitative estimate of drug-likeness (QED) is 0.331. The van der Waals surface area contributed by atoms with Crippen LogP contribution in [0.2, 0.25) is 5.02 Å². The van der Waals surface area contributed by atoms with Crippen molar-refractivity contribution in [1.82, 2.24) is 20.9 Å². The number of carbonyl (C=O) groups is 5. The summed E-state index contributed by atoms with van der Waals surface area (Å²) in [6.07, 6.45) is 4.24. The van der Waals surface area contributed by atoms with Crippen LogP contribution in [0.4, 0.5) is 4.79 Å². The average molecular weight is 644 g/mol. The maximum Gasteiger partial charge on any atom is 0.408 e. The number of ether oxygens (including phenoxy) is 1. The molecule has 0 unspecified atom stereocenters. The fraction of sp³-hybridized carbons (Fsp3) is 0.625. The monoisotopic (exact) mass is 643 g/mol. The Hall–Kier alpha value is -3.67. The molecule has 2 heterocycles. The summed E-state index contributed by atoms with van der Waals surface area (Å²) in [4.78, 5) is 73.8. The van der Waals surface area contributed by atoms with Gasteiger partial charge in [0.25, 0.3) is 5.91 Å². The van der Waals surface area contributed by atoms with Crippen molar-refractivity contribution < 1.29 is 33.5 Å². The molecule has 13 heteroatoms. The number of Topliss-reactive ketones (excluding diaryl/α,β-unsaturated/α-hetero) is 1. The lowest BCUT2D eigenvalue weighted by molar-refractivity contribution is -0.144. The molecule has 12 nitrogen and oxygen atoms in total. The molecule has 1 aromatic carbocycles. The SMILES string of the molecule is CNC(=O)C(=O)[C@H](CC1CC1)NC(=O)[C@@H]1C[C@]2(CC(c3cccc(Cl)c3)=NO2)CN1C(=O)[C@@H](NC(=O)OC1CCC1)C(C)(C)C. The maximum atomic E-state index is 14.3. The second-order valence-corrected chi connectivity index (χ2v) is 14.2. The summed E-state index contributed by atoms with van der Waals surface area (Å²) in [6.45, 7) is 5.47. The molecule has 3 N–H and O–H groups in total. The van der Waals surface area contributed by atoms with Gasteiger partial charge in [-0.15, -0.1) is 0 Å². The van der Waals surface area contributed by atoms with Gasteiger partial charge in [0, 0.05) is 30.5 Å². The number of hydrogen-bond donors (Lipinski definition) is 3. The molecule has 4 aliphatic rings. The highest BCUT2D eigenvalue weighted by atomic mass is 35.5. The van der Waals surface area contributed by atoms with Gasteiger partial charge in [0.2, 0.25) is 17.6 Å². The molecule has 5 rings (SSSR count). The summed E-state index contributed by atoms with van der Waals surface area (Å²) in [5.74, 6) is -2.36. The maximum absolute atomic E-state index is 14.3. The van der Waals surface area contributed by atoms with Crippen molar-refractivity contribution in [2.75, 3.05) is 13.6 Å². The molecule has 2 aliphatic carbocycles. The standard InChI is InChI=1S/C32H42ClN5O7/c1-31(2,3)26(36-30(43)44-21-9-6-10-21)29(42)38-17-32(15-23(37-45-32)19-7-5-8-20(33)14-19)16-24(38)27(40)35-22(13-18-11-12-18)25(39)28(41)34-4/h5,7-8,14,18,21-22,24,26H,6,9-13,15-17H2,1-4H3,(H,34,41)(H,35,40)(H,36,43)/t22-,24-,26+,32+/m0/s1. The van der Waals surface area contributed by atoms with Crippen LogP contribution in [0, 0.1) is 11.3 Å². The van der Waals surface area contributed by atoms with E-state index in [0.717, 1.165) is 37.7 Å². The van der Waals surface area contributed by atoms with E-state index in [2.05, 4.69) is 21.1 Å². The Kier molecular flexibility index (Phi) is 9.44. The van der Waals surface area contributed by atoms with Crippen LogP contribution in [0.3, 0.4) is 0 Å². The fourth-order valence-corrected chi connectivity index (χ4v) is 6.22. The Morgan fingerprint density at radius 1 is 1.13 bits per heavy atom. The predicted octanol–water partition coefficient (Wildman–Crippen LogP) is 3.10. The van der Waals surface area contributed by atoms with Crippen molar-refractivity contribution in [1.29, 1.82) is 0 Å². The van der Waals surface area contributed by atoms with Gasteiger partial charge >= 0.3 is 6.09 Å². The van der Waals surface area contributed by atoms with E-state index < -0.39 is 58.7 Å². The topological polar surface area (TPSA) is 156 Å². The van der Waals surface area contributed by atoms with E-state index in [1.165, 1.54) is 11.9 Å². The third-order valence-electron chi connectivity index (χ3n) is 9.03. The van der Waals surface area contributed by atoms with Gasteiger partial charge in [-0.25, -0.2) is 4.79 Å². The van der Waals surface area contributed by atoms with E-state index in [0.29, 0.717) is 23.6 Å². The van der Waals surface area contributed by atoms with Crippen molar-refractivity contribution in [3.05, 3.63) is 34.9 Å². The van der Waals surface area contributed by atoms with Crippen molar-refractivity contribution in [3.8, 4) is 0 Å². The zero-order valence-electron chi connectivity index (χ0n) is 26.2. The molecule has 1 saturated heterocycles. The first-order valence-corrected chi connectivity index (χ1v) is 16.0. The lowest BCUT2D eigenvalue weighted by atomic mass is 9.85. The molecule has 0 aromatic heterocycles. The normalized spacial score (nSPS) is 24.2. The molecule has 2 aliphatic heterocycles. The number of alkyl carbamates (subject to hydrolysis) is 1. The van der Waals surface area contributed by atoms with E-state index in [1.807, 2.05) is 26.8 Å². The number of halogens is 1. The van der Waals surface area contributed by atoms with Crippen LogP contribution in [-0.2, 0) is 28.8 Å². The van der Waals surface area contributed by atoms with Crippen LogP contribution >= 0.6 is 11.6 Å². The minimum Gasteiger partial charge on any atom is -0.446 e. The number of amides is 4. The van der Waals surface area contributed by atoms with Gasteiger partial charge in [0.05, 0.1) is 18.3 Å². The van der Waals surface area contributed by atoms with Gasteiger partial charge in [0.15, 0.2) is 5.60 Å². The lowest BCUT2D eigenvalue weighted by Crippen LogP contribution is -2.59. The average Bonchev–Trinajstić information content (AvgIpc) is 3.57. The number of benzene rings is 1. The third kappa shape index (κ3) is 7.59. The van der Waals surface area contributed by atoms with E-state index in [4.69, 9.17) is 21.2 Å². The molecule has 4 atom stereocenters. The Bertz CT molecular complexity index is 1390. The number of nitrogens with zero attached hydrogens (tertiary/aromatic N) is 2. The first kappa shape index (κ1) is 32.7. The van der Waals surface area contributed by atoms with Crippen LogP contribution in [-0.4, -0.2) is 83.6 Å². The zero-order valence-corrected chi connectivity index (χ0v) is 26.9. The van der Waals surface area contributed by atoms with Gasteiger partial charge in [-0.2, -0.15) is 0 Å². The van der Waals surface area contributed by atoms with E-state index in [1.54, 1.807) is 18.2 Å². The van der Waals surface area contributed by atoms with Crippen molar-refractivity contribution >= 4 is 46.9 Å². The highest BCUT2D eigenvalue weighted by Crippen LogP contribution is 2.40. The Morgan fingerprint density at radius 3 is 2.47 bits per heavy atom. The number of carbonyl (C=O) groups excluding carboxylic acids is 5. The summed E-state index contributed by atoms with van der Waals surface area (Å²) in [5, 5.41) is 12.7. The lowest BCUT2D eigenvalue weighted by Gasteiger charge is -2.36. The second kappa shape index (κ2) is 13.0.